The molecule has 0 radical (unpaired) electrons. The zero-order valence-electron chi connectivity index (χ0n) is 11.7. The van der Waals surface area contributed by atoms with Crippen molar-refractivity contribution in [3.63, 3.8) is 0 Å². The molecule has 0 aromatic heterocycles. The second kappa shape index (κ2) is 6.42. The van der Waals surface area contributed by atoms with Crippen LogP contribution < -0.4 is 5.32 Å². The molecule has 0 saturated heterocycles. The van der Waals surface area contributed by atoms with Crippen LogP contribution in [-0.4, -0.2) is 12.7 Å². The molecule has 0 fully saturated rings. The molecule has 1 aromatic rings. The van der Waals surface area contributed by atoms with Crippen molar-refractivity contribution in [2.24, 2.45) is 5.41 Å². The number of hydrogen-bond donors (Lipinski definition) is 1. The topological polar surface area (TPSA) is 12.0 Å². The van der Waals surface area contributed by atoms with Gasteiger partial charge in [0.15, 0.2) is 0 Å². The quantitative estimate of drug-likeness (QED) is 0.819. The highest BCUT2D eigenvalue weighted by Gasteiger charge is 2.27. The van der Waals surface area contributed by atoms with Crippen molar-refractivity contribution in [3.05, 3.63) is 35.9 Å². The van der Waals surface area contributed by atoms with E-state index in [1.807, 2.05) is 30.3 Å². The lowest BCUT2D eigenvalue weighted by Crippen LogP contribution is -2.29. The molecular weight excluding hydrogens is 251 g/mol. The molecule has 19 heavy (non-hydrogen) atoms. The zero-order valence-corrected chi connectivity index (χ0v) is 11.7. The van der Waals surface area contributed by atoms with E-state index in [1.165, 1.54) is 0 Å². The minimum Gasteiger partial charge on any atom is -0.310 e. The first-order valence-electron chi connectivity index (χ1n) is 6.52. The van der Waals surface area contributed by atoms with Gasteiger partial charge in [-0.05, 0) is 17.4 Å². The van der Waals surface area contributed by atoms with E-state index in [0.29, 0.717) is 0 Å². The average Bonchev–Trinajstić information content (AvgIpc) is 2.25. The Bertz CT molecular complexity index is 365. The Hall–Kier alpha value is -1.03. The van der Waals surface area contributed by atoms with Crippen LogP contribution in [0.1, 0.15) is 45.2 Å². The largest absolute Gasteiger partial charge is 0.390 e. The maximum Gasteiger partial charge on any atom is 0.390 e. The number of alkyl halides is 3. The van der Waals surface area contributed by atoms with Gasteiger partial charge in [0.25, 0.3) is 0 Å². The van der Waals surface area contributed by atoms with E-state index < -0.39 is 12.6 Å². The van der Waals surface area contributed by atoms with E-state index >= 15 is 0 Å². The molecule has 1 aromatic carbocycles. The van der Waals surface area contributed by atoms with Gasteiger partial charge in [0.1, 0.15) is 0 Å². The molecule has 1 nitrogen and oxygen atoms in total. The zero-order chi connectivity index (χ0) is 14.5. The molecule has 0 aliphatic carbocycles. The van der Waals surface area contributed by atoms with Gasteiger partial charge in [0.05, 0.1) is 6.42 Å². The van der Waals surface area contributed by atoms with Gasteiger partial charge >= 0.3 is 6.18 Å². The second-order valence-corrected chi connectivity index (χ2v) is 6.05. The minimum absolute atomic E-state index is 0.0384. The van der Waals surface area contributed by atoms with E-state index in [1.54, 1.807) is 0 Å². The molecular formula is C15H22F3N. The fraction of sp³-hybridized carbons (Fsp3) is 0.600. The number of benzene rings is 1. The molecule has 108 valence electrons. The van der Waals surface area contributed by atoms with E-state index in [-0.39, 0.29) is 18.0 Å². The highest BCUT2D eigenvalue weighted by atomic mass is 19.4. The van der Waals surface area contributed by atoms with Crippen molar-refractivity contribution in [2.75, 3.05) is 6.54 Å². The first-order chi connectivity index (χ1) is 8.67. The van der Waals surface area contributed by atoms with Gasteiger partial charge < -0.3 is 5.32 Å². The summed E-state index contributed by atoms with van der Waals surface area (Å²) in [7, 11) is 0. The van der Waals surface area contributed by atoms with Crippen LogP contribution in [0.2, 0.25) is 0 Å². The van der Waals surface area contributed by atoms with Gasteiger partial charge in [-0.25, -0.2) is 0 Å². The maximum atomic E-state index is 12.2. The fourth-order valence-corrected chi connectivity index (χ4v) is 1.99. The van der Waals surface area contributed by atoms with Crippen LogP contribution in [0.25, 0.3) is 0 Å². The summed E-state index contributed by atoms with van der Waals surface area (Å²) in [6, 6.07) is 9.61. The summed E-state index contributed by atoms with van der Waals surface area (Å²) in [6.45, 7) is 6.23. The predicted octanol–water partition coefficient (Wildman–Crippen LogP) is 4.71. The molecule has 1 rings (SSSR count). The number of rotatable bonds is 5. The third-order valence-electron chi connectivity index (χ3n) is 2.82. The van der Waals surface area contributed by atoms with E-state index in [9.17, 15) is 13.2 Å². The van der Waals surface area contributed by atoms with Gasteiger partial charge in [0, 0.05) is 12.6 Å². The predicted molar refractivity (Wildman–Crippen MR) is 71.9 cm³/mol. The SMILES string of the molecule is CC(C)(C)CC(NCCC(F)(F)F)c1ccccc1. The Morgan fingerprint density at radius 3 is 2.11 bits per heavy atom. The van der Waals surface area contributed by atoms with Crippen molar-refractivity contribution in [1.82, 2.24) is 5.32 Å². The van der Waals surface area contributed by atoms with Crippen LogP contribution in [0.15, 0.2) is 30.3 Å². The molecule has 1 N–H and O–H groups in total. The standard InChI is InChI=1S/C15H22F3N/c1-14(2,3)11-13(12-7-5-4-6-8-12)19-10-9-15(16,17)18/h4-8,13,19H,9-11H2,1-3H3. The first-order valence-corrected chi connectivity index (χ1v) is 6.52. The van der Waals surface area contributed by atoms with Gasteiger partial charge in [-0.15, -0.1) is 0 Å². The summed E-state index contributed by atoms with van der Waals surface area (Å²) in [5.41, 5.74) is 1.10. The summed E-state index contributed by atoms with van der Waals surface area (Å²) < 4.78 is 36.6. The molecule has 1 unspecified atom stereocenters. The number of halogens is 3. The number of hydrogen-bond acceptors (Lipinski definition) is 1. The molecule has 0 aliphatic rings. The Labute approximate surface area is 113 Å². The highest BCUT2D eigenvalue weighted by Crippen LogP contribution is 2.29. The molecule has 0 bridgehead atoms. The van der Waals surface area contributed by atoms with Crippen molar-refractivity contribution >= 4 is 0 Å². The van der Waals surface area contributed by atoms with Gasteiger partial charge in [-0.1, -0.05) is 51.1 Å². The normalized spacial score (nSPS) is 14.4. The summed E-state index contributed by atoms with van der Waals surface area (Å²) in [5, 5.41) is 3.03. The van der Waals surface area contributed by atoms with Crippen LogP contribution in [0.4, 0.5) is 13.2 Å². The molecule has 4 heteroatoms. The lowest BCUT2D eigenvalue weighted by atomic mass is 9.85. The van der Waals surface area contributed by atoms with Crippen molar-refractivity contribution < 1.29 is 13.2 Å². The van der Waals surface area contributed by atoms with E-state index in [0.717, 1.165) is 12.0 Å². The molecule has 1 atom stereocenters. The smallest absolute Gasteiger partial charge is 0.310 e. The summed E-state index contributed by atoms with van der Waals surface area (Å²) in [6.07, 6.45) is -4.09. The molecule has 0 saturated carbocycles. The Morgan fingerprint density at radius 2 is 1.63 bits per heavy atom. The van der Waals surface area contributed by atoms with Crippen LogP contribution in [0.5, 0.6) is 0 Å². The first kappa shape index (κ1) is 16.0. The van der Waals surface area contributed by atoms with Gasteiger partial charge in [-0.2, -0.15) is 13.2 Å². The second-order valence-electron chi connectivity index (χ2n) is 6.05. The molecule has 0 amide bonds. The van der Waals surface area contributed by atoms with Crippen LogP contribution in [-0.2, 0) is 0 Å². The van der Waals surface area contributed by atoms with Gasteiger partial charge in [-0.3, -0.25) is 0 Å². The Morgan fingerprint density at radius 1 is 1.05 bits per heavy atom. The lowest BCUT2D eigenvalue weighted by Gasteiger charge is -2.27. The van der Waals surface area contributed by atoms with Crippen LogP contribution in [0, 0.1) is 5.41 Å². The van der Waals surface area contributed by atoms with Gasteiger partial charge in [0.2, 0.25) is 0 Å². The van der Waals surface area contributed by atoms with Crippen LogP contribution in [0.3, 0.4) is 0 Å². The maximum absolute atomic E-state index is 12.2. The molecule has 0 aliphatic heterocycles. The van der Waals surface area contributed by atoms with E-state index in [2.05, 4.69) is 26.1 Å². The van der Waals surface area contributed by atoms with E-state index in [4.69, 9.17) is 0 Å². The lowest BCUT2D eigenvalue weighted by molar-refractivity contribution is -0.133. The van der Waals surface area contributed by atoms with Crippen molar-refractivity contribution in [2.45, 2.75) is 45.8 Å². The summed E-state index contributed by atoms with van der Waals surface area (Å²) in [4.78, 5) is 0. The summed E-state index contributed by atoms with van der Waals surface area (Å²) in [5.74, 6) is 0. The Balaban J connectivity index is 2.66. The molecule has 0 heterocycles. The number of nitrogens with one attached hydrogen (secondary N) is 1. The summed E-state index contributed by atoms with van der Waals surface area (Å²) >= 11 is 0. The minimum atomic E-state index is -4.10. The highest BCUT2D eigenvalue weighted by molar-refractivity contribution is 5.19. The average molecular weight is 273 g/mol. The van der Waals surface area contributed by atoms with Crippen molar-refractivity contribution in [3.8, 4) is 0 Å². The Kier molecular flexibility index (Phi) is 5.41. The monoisotopic (exact) mass is 273 g/mol. The third kappa shape index (κ3) is 7.21. The third-order valence-corrected chi connectivity index (χ3v) is 2.82. The van der Waals surface area contributed by atoms with Crippen LogP contribution >= 0.6 is 0 Å². The fourth-order valence-electron chi connectivity index (χ4n) is 1.99. The van der Waals surface area contributed by atoms with Crippen molar-refractivity contribution in [1.29, 1.82) is 0 Å². The molecule has 0 spiro atoms.